The van der Waals surface area contributed by atoms with E-state index in [4.69, 9.17) is 0 Å². The zero-order valence-electron chi connectivity index (χ0n) is 7.64. The Hall–Kier alpha value is -1.42. The molecule has 74 valence electrons. The van der Waals surface area contributed by atoms with E-state index in [1.807, 2.05) is 0 Å². The molecule has 0 bridgehead atoms. The molecule has 1 aliphatic carbocycles. The van der Waals surface area contributed by atoms with Gasteiger partial charge in [0.2, 0.25) is 0 Å². The highest BCUT2D eigenvalue weighted by Crippen LogP contribution is 2.25. The molecule has 0 heterocycles. The van der Waals surface area contributed by atoms with E-state index >= 15 is 0 Å². The third-order valence-electron chi connectivity index (χ3n) is 2.60. The van der Waals surface area contributed by atoms with Crippen molar-refractivity contribution in [3.8, 4) is 0 Å². The maximum atomic E-state index is 10.5. The number of aliphatic hydroxyl groups is 1. The van der Waals surface area contributed by atoms with E-state index in [1.165, 1.54) is 6.07 Å². The zero-order valence-corrected chi connectivity index (χ0v) is 7.64. The lowest BCUT2D eigenvalue weighted by Gasteiger charge is -2.19. The van der Waals surface area contributed by atoms with Gasteiger partial charge in [-0.1, -0.05) is 6.07 Å². The van der Waals surface area contributed by atoms with Gasteiger partial charge >= 0.3 is 0 Å². The number of fused-ring (bicyclic) bond motifs is 1. The van der Waals surface area contributed by atoms with Gasteiger partial charge in [-0.15, -0.1) is 0 Å². The SMILES string of the molecule is O=[N+]([O-])c1ccc2c(c1)C[C@@H](O)CC2. The lowest BCUT2D eigenvalue weighted by molar-refractivity contribution is -0.384. The summed E-state index contributed by atoms with van der Waals surface area (Å²) < 4.78 is 0. The summed E-state index contributed by atoms with van der Waals surface area (Å²) in [5, 5.41) is 19.9. The van der Waals surface area contributed by atoms with Crippen LogP contribution in [0.1, 0.15) is 17.5 Å². The number of benzene rings is 1. The number of nitro groups is 1. The minimum Gasteiger partial charge on any atom is -0.393 e. The van der Waals surface area contributed by atoms with Crippen LogP contribution in [0.5, 0.6) is 0 Å². The summed E-state index contributed by atoms with van der Waals surface area (Å²) in [4.78, 5) is 10.1. The standard InChI is InChI=1S/C10H11NO3/c12-10-4-2-7-1-3-9(11(13)14)5-8(7)6-10/h1,3,5,10,12H,2,4,6H2/t10-/m0/s1. The zero-order chi connectivity index (χ0) is 10.1. The third kappa shape index (κ3) is 1.61. The predicted molar refractivity (Wildman–Crippen MR) is 51.1 cm³/mol. The fourth-order valence-corrected chi connectivity index (χ4v) is 1.84. The molecule has 0 aromatic heterocycles. The lowest BCUT2D eigenvalue weighted by atomic mass is 9.89. The Balaban J connectivity index is 2.37. The van der Waals surface area contributed by atoms with Crippen molar-refractivity contribution in [1.82, 2.24) is 0 Å². The molecule has 2 rings (SSSR count). The largest absolute Gasteiger partial charge is 0.393 e. The second-order valence-electron chi connectivity index (χ2n) is 3.61. The van der Waals surface area contributed by atoms with E-state index in [9.17, 15) is 15.2 Å². The fraction of sp³-hybridized carbons (Fsp3) is 0.400. The Kier molecular flexibility index (Phi) is 2.21. The first-order chi connectivity index (χ1) is 6.66. The molecule has 1 aromatic rings. The van der Waals surface area contributed by atoms with E-state index in [0.717, 1.165) is 24.0 Å². The van der Waals surface area contributed by atoms with Crippen molar-refractivity contribution in [2.24, 2.45) is 0 Å². The van der Waals surface area contributed by atoms with Gasteiger partial charge in [0.1, 0.15) is 0 Å². The molecule has 0 saturated carbocycles. The van der Waals surface area contributed by atoms with Crippen LogP contribution >= 0.6 is 0 Å². The first-order valence-electron chi connectivity index (χ1n) is 4.61. The number of rotatable bonds is 1. The first-order valence-corrected chi connectivity index (χ1v) is 4.61. The minimum atomic E-state index is -0.402. The topological polar surface area (TPSA) is 63.4 Å². The van der Waals surface area contributed by atoms with Gasteiger partial charge in [-0.05, 0) is 30.4 Å². The van der Waals surface area contributed by atoms with E-state index < -0.39 is 4.92 Å². The number of hydrogen-bond donors (Lipinski definition) is 1. The van der Waals surface area contributed by atoms with Crippen molar-refractivity contribution >= 4 is 5.69 Å². The molecule has 1 atom stereocenters. The van der Waals surface area contributed by atoms with E-state index in [1.54, 1.807) is 12.1 Å². The van der Waals surface area contributed by atoms with Crippen molar-refractivity contribution in [2.45, 2.75) is 25.4 Å². The summed E-state index contributed by atoms with van der Waals surface area (Å²) in [6.45, 7) is 0. The first kappa shape index (κ1) is 9.15. The molecular formula is C10H11NO3. The molecule has 0 aliphatic heterocycles. The van der Waals surface area contributed by atoms with Crippen LogP contribution in [0.4, 0.5) is 5.69 Å². The number of nitrogens with zero attached hydrogens (tertiary/aromatic N) is 1. The normalized spacial score (nSPS) is 20.2. The molecule has 0 spiro atoms. The summed E-state index contributed by atoms with van der Waals surface area (Å²) >= 11 is 0. The van der Waals surface area contributed by atoms with Crippen LogP contribution < -0.4 is 0 Å². The van der Waals surface area contributed by atoms with Crippen LogP contribution in [0.2, 0.25) is 0 Å². The molecule has 0 amide bonds. The quantitative estimate of drug-likeness (QED) is 0.542. The van der Waals surface area contributed by atoms with Gasteiger partial charge in [0, 0.05) is 12.1 Å². The summed E-state index contributed by atoms with van der Waals surface area (Å²) in [5.74, 6) is 0. The molecule has 1 N–H and O–H groups in total. The Morgan fingerprint density at radius 2 is 2.21 bits per heavy atom. The van der Waals surface area contributed by atoms with Crippen LogP contribution in [0.3, 0.4) is 0 Å². The van der Waals surface area contributed by atoms with Crippen LogP contribution in [-0.4, -0.2) is 16.1 Å². The Bertz CT molecular complexity index is 376. The molecule has 1 aromatic carbocycles. The molecular weight excluding hydrogens is 182 g/mol. The monoisotopic (exact) mass is 193 g/mol. The smallest absolute Gasteiger partial charge is 0.269 e. The highest BCUT2D eigenvalue weighted by molar-refractivity contribution is 5.41. The van der Waals surface area contributed by atoms with Gasteiger partial charge in [0.25, 0.3) is 5.69 Å². The van der Waals surface area contributed by atoms with Crippen LogP contribution in [0, 0.1) is 10.1 Å². The van der Waals surface area contributed by atoms with Gasteiger partial charge in [-0.2, -0.15) is 0 Å². The van der Waals surface area contributed by atoms with Gasteiger partial charge in [0.05, 0.1) is 11.0 Å². The average Bonchev–Trinajstić information content (AvgIpc) is 2.16. The average molecular weight is 193 g/mol. The molecule has 14 heavy (non-hydrogen) atoms. The number of hydrogen-bond acceptors (Lipinski definition) is 3. The Morgan fingerprint density at radius 1 is 1.43 bits per heavy atom. The van der Waals surface area contributed by atoms with Crippen molar-refractivity contribution < 1.29 is 10.0 Å². The third-order valence-corrected chi connectivity index (χ3v) is 2.60. The number of non-ortho nitro benzene ring substituents is 1. The fourth-order valence-electron chi connectivity index (χ4n) is 1.84. The van der Waals surface area contributed by atoms with Crippen molar-refractivity contribution in [3.05, 3.63) is 39.4 Å². The molecule has 0 radical (unpaired) electrons. The number of aliphatic hydroxyl groups excluding tert-OH is 1. The van der Waals surface area contributed by atoms with Crippen LogP contribution in [0.25, 0.3) is 0 Å². The van der Waals surface area contributed by atoms with Crippen LogP contribution in [0.15, 0.2) is 18.2 Å². The number of nitro benzene ring substituents is 1. The molecule has 0 saturated heterocycles. The maximum absolute atomic E-state index is 10.5. The Labute approximate surface area is 81.3 Å². The predicted octanol–water partition coefficient (Wildman–Crippen LogP) is 1.44. The summed E-state index contributed by atoms with van der Waals surface area (Å²) in [6, 6.07) is 4.88. The number of aryl methyl sites for hydroxylation is 1. The van der Waals surface area contributed by atoms with Crippen LogP contribution in [-0.2, 0) is 12.8 Å². The molecule has 4 nitrogen and oxygen atoms in total. The summed E-state index contributed by atoms with van der Waals surface area (Å²) in [5.41, 5.74) is 2.15. The van der Waals surface area contributed by atoms with E-state index in [-0.39, 0.29) is 11.8 Å². The molecule has 0 fully saturated rings. The maximum Gasteiger partial charge on any atom is 0.269 e. The van der Waals surface area contributed by atoms with E-state index in [0.29, 0.717) is 6.42 Å². The summed E-state index contributed by atoms with van der Waals surface area (Å²) in [6.07, 6.45) is 1.76. The van der Waals surface area contributed by atoms with Gasteiger partial charge in [-0.3, -0.25) is 10.1 Å². The van der Waals surface area contributed by atoms with Crippen molar-refractivity contribution in [1.29, 1.82) is 0 Å². The molecule has 0 unspecified atom stereocenters. The Morgan fingerprint density at radius 3 is 2.93 bits per heavy atom. The molecule has 1 aliphatic rings. The molecule has 4 heteroatoms. The van der Waals surface area contributed by atoms with Gasteiger partial charge in [0.15, 0.2) is 0 Å². The summed E-state index contributed by atoms with van der Waals surface area (Å²) in [7, 11) is 0. The van der Waals surface area contributed by atoms with E-state index in [2.05, 4.69) is 0 Å². The van der Waals surface area contributed by atoms with Gasteiger partial charge in [-0.25, -0.2) is 0 Å². The lowest BCUT2D eigenvalue weighted by Crippen LogP contribution is -2.18. The second kappa shape index (κ2) is 3.38. The minimum absolute atomic E-state index is 0.109. The highest BCUT2D eigenvalue weighted by Gasteiger charge is 2.18. The second-order valence-corrected chi connectivity index (χ2v) is 3.61. The van der Waals surface area contributed by atoms with Gasteiger partial charge < -0.3 is 5.11 Å². The van der Waals surface area contributed by atoms with Crippen molar-refractivity contribution in [2.75, 3.05) is 0 Å². The highest BCUT2D eigenvalue weighted by atomic mass is 16.6. The van der Waals surface area contributed by atoms with Crippen molar-refractivity contribution in [3.63, 3.8) is 0 Å².